The van der Waals surface area contributed by atoms with Crippen LogP contribution in [0.1, 0.15) is 28.4 Å². The lowest BCUT2D eigenvalue weighted by Gasteiger charge is -2.19. The monoisotopic (exact) mass is 340 g/mol. The molecule has 0 bridgehead atoms. The minimum Gasteiger partial charge on any atom is -0.481 e. The number of alkyl halides is 3. The molecular weight excluding hydrogens is 325 g/mol. The second-order valence-electron chi connectivity index (χ2n) is 4.93. The summed E-state index contributed by atoms with van der Waals surface area (Å²) >= 11 is 1.33. The molecule has 122 valence electrons. The van der Waals surface area contributed by atoms with Crippen LogP contribution in [-0.2, 0) is 11.0 Å². The van der Waals surface area contributed by atoms with Gasteiger partial charge in [0.2, 0.25) is 0 Å². The predicted octanol–water partition coefficient (Wildman–Crippen LogP) is 5.00. The van der Waals surface area contributed by atoms with E-state index in [2.05, 4.69) is 0 Å². The van der Waals surface area contributed by atoms with E-state index in [1.807, 2.05) is 30.3 Å². The quantitative estimate of drug-likeness (QED) is 0.804. The summed E-state index contributed by atoms with van der Waals surface area (Å²) in [5, 5.41) is 8.42. The second-order valence-corrected chi connectivity index (χ2v) is 6.14. The van der Waals surface area contributed by atoms with Crippen molar-refractivity contribution >= 4 is 17.7 Å². The normalized spacial score (nSPS) is 12.8. The number of rotatable bonds is 6. The Balaban J connectivity index is 2.31. The van der Waals surface area contributed by atoms with E-state index in [0.717, 1.165) is 17.7 Å². The van der Waals surface area contributed by atoms with Gasteiger partial charge in [0, 0.05) is 5.75 Å². The molecule has 23 heavy (non-hydrogen) atoms. The van der Waals surface area contributed by atoms with Gasteiger partial charge in [-0.25, -0.2) is 0 Å². The fourth-order valence-corrected chi connectivity index (χ4v) is 3.37. The smallest absolute Gasteiger partial charge is 0.416 e. The number of benzene rings is 2. The molecule has 0 saturated carbocycles. The second kappa shape index (κ2) is 7.55. The van der Waals surface area contributed by atoms with Gasteiger partial charge in [0.05, 0.1) is 17.2 Å². The maximum atomic E-state index is 12.9. The van der Waals surface area contributed by atoms with Crippen LogP contribution < -0.4 is 0 Å². The van der Waals surface area contributed by atoms with E-state index in [9.17, 15) is 18.0 Å². The lowest BCUT2D eigenvalue weighted by atomic mass is 10.0. The molecule has 0 amide bonds. The molecule has 0 radical (unpaired) electrons. The maximum Gasteiger partial charge on any atom is 0.416 e. The third-order valence-corrected chi connectivity index (χ3v) is 4.54. The zero-order valence-corrected chi connectivity index (χ0v) is 12.9. The molecule has 2 nitrogen and oxygen atoms in total. The van der Waals surface area contributed by atoms with Gasteiger partial charge in [0.25, 0.3) is 0 Å². The van der Waals surface area contributed by atoms with Crippen molar-refractivity contribution in [2.45, 2.75) is 17.8 Å². The zero-order chi connectivity index (χ0) is 16.9. The summed E-state index contributed by atoms with van der Waals surface area (Å²) in [4.78, 5) is 10.7. The highest BCUT2D eigenvalue weighted by molar-refractivity contribution is 7.99. The van der Waals surface area contributed by atoms with Gasteiger partial charge in [0.1, 0.15) is 0 Å². The van der Waals surface area contributed by atoms with Crippen LogP contribution in [0, 0.1) is 0 Å². The molecule has 6 heteroatoms. The lowest BCUT2D eigenvalue weighted by molar-refractivity contribution is -0.138. The summed E-state index contributed by atoms with van der Waals surface area (Å²) in [5.41, 5.74) is 0.665. The third kappa shape index (κ3) is 5.03. The minimum absolute atomic E-state index is 0.0348. The molecule has 2 aromatic carbocycles. The number of thioether (sulfide) groups is 1. The Morgan fingerprint density at radius 1 is 1.04 bits per heavy atom. The molecule has 0 spiro atoms. The molecule has 0 heterocycles. The van der Waals surface area contributed by atoms with Crippen molar-refractivity contribution in [3.8, 4) is 0 Å². The summed E-state index contributed by atoms with van der Waals surface area (Å²) in [7, 11) is 0. The van der Waals surface area contributed by atoms with Crippen molar-refractivity contribution in [2.24, 2.45) is 0 Å². The van der Waals surface area contributed by atoms with Crippen molar-refractivity contribution in [3.63, 3.8) is 0 Å². The first-order chi connectivity index (χ1) is 10.9. The average molecular weight is 340 g/mol. The minimum atomic E-state index is -4.40. The highest BCUT2D eigenvalue weighted by Crippen LogP contribution is 2.38. The van der Waals surface area contributed by atoms with Crippen LogP contribution in [0.2, 0.25) is 0 Å². The molecule has 0 aliphatic rings. The molecule has 1 atom stereocenters. The number of carbonyl (C=O) groups is 1. The van der Waals surface area contributed by atoms with Crippen LogP contribution in [-0.4, -0.2) is 16.8 Å². The van der Waals surface area contributed by atoms with Gasteiger partial charge < -0.3 is 5.11 Å². The molecular formula is C17H15F3O2S. The summed E-state index contributed by atoms with van der Waals surface area (Å²) in [6.45, 7) is 0. The molecule has 0 aromatic heterocycles. The summed E-state index contributed by atoms with van der Waals surface area (Å²) in [6.07, 6.45) is -4.43. The first-order valence-electron chi connectivity index (χ1n) is 6.93. The highest BCUT2D eigenvalue weighted by atomic mass is 32.2. The van der Waals surface area contributed by atoms with Crippen LogP contribution in [0.15, 0.2) is 54.6 Å². The molecule has 1 N–H and O–H groups in total. The first-order valence-corrected chi connectivity index (χ1v) is 7.98. The number of halogens is 3. The number of carboxylic acid groups (broad SMARTS) is 1. The van der Waals surface area contributed by atoms with Crippen LogP contribution >= 0.6 is 11.8 Å². The SMILES string of the molecule is O=C(O)CCSC(c1ccccc1)c1cccc(C(F)(F)F)c1. The Morgan fingerprint density at radius 3 is 2.30 bits per heavy atom. The Bertz CT molecular complexity index is 656. The number of hydrogen-bond acceptors (Lipinski definition) is 2. The average Bonchev–Trinajstić information content (AvgIpc) is 2.51. The van der Waals surface area contributed by atoms with Crippen molar-refractivity contribution in [1.29, 1.82) is 0 Å². The van der Waals surface area contributed by atoms with Gasteiger partial charge in [-0.1, -0.05) is 48.5 Å². The zero-order valence-electron chi connectivity index (χ0n) is 12.1. The van der Waals surface area contributed by atoms with E-state index in [0.29, 0.717) is 11.3 Å². The summed E-state index contributed by atoms with van der Waals surface area (Å²) in [6, 6.07) is 14.3. The molecule has 0 saturated heterocycles. The van der Waals surface area contributed by atoms with E-state index in [1.54, 1.807) is 6.07 Å². The first kappa shape index (κ1) is 17.4. The predicted molar refractivity (Wildman–Crippen MR) is 84.4 cm³/mol. The molecule has 0 aliphatic heterocycles. The Labute approximate surface area is 136 Å². The van der Waals surface area contributed by atoms with Crippen molar-refractivity contribution in [2.75, 3.05) is 5.75 Å². The number of aliphatic carboxylic acids is 1. The summed E-state index contributed by atoms with van der Waals surface area (Å²) < 4.78 is 38.7. The fourth-order valence-electron chi connectivity index (χ4n) is 2.15. The fraction of sp³-hybridized carbons (Fsp3) is 0.235. The molecule has 0 fully saturated rings. The summed E-state index contributed by atoms with van der Waals surface area (Å²) in [5.74, 6) is -0.598. The van der Waals surface area contributed by atoms with Gasteiger partial charge in [-0.3, -0.25) is 4.79 Å². The number of carboxylic acids is 1. The van der Waals surface area contributed by atoms with Gasteiger partial charge in [-0.05, 0) is 17.2 Å². The van der Waals surface area contributed by atoms with E-state index >= 15 is 0 Å². The van der Waals surface area contributed by atoms with Crippen molar-refractivity contribution in [3.05, 3.63) is 71.3 Å². The van der Waals surface area contributed by atoms with E-state index in [1.165, 1.54) is 17.8 Å². The van der Waals surface area contributed by atoms with E-state index in [4.69, 9.17) is 5.11 Å². The Hall–Kier alpha value is -1.95. The van der Waals surface area contributed by atoms with Gasteiger partial charge in [-0.15, -0.1) is 11.8 Å². The van der Waals surface area contributed by atoms with Gasteiger partial charge in [-0.2, -0.15) is 13.2 Å². The third-order valence-electron chi connectivity index (χ3n) is 3.22. The largest absolute Gasteiger partial charge is 0.481 e. The highest BCUT2D eigenvalue weighted by Gasteiger charge is 2.31. The molecule has 1 unspecified atom stereocenters. The Kier molecular flexibility index (Phi) is 5.71. The van der Waals surface area contributed by atoms with Gasteiger partial charge >= 0.3 is 12.1 Å². The standard InChI is InChI=1S/C17H15F3O2S/c18-17(19,20)14-8-4-7-13(11-14)16(23-10-9-15(21)22)12-5-2-1-3-6-12/h1-8,11,16H,9-10H2,(H,21,22). The van der Waals surface area contributed by atoms with Crippen LogP contribution in [0.3, 0.4) is 0 Å². The van der Waals surface area contributed by atoms with Crippen LogP contribution in [0.5, 0.6) is 0 Å². The van der Waals surface area contributed by atoms with Gasteiger partial charge in [0.15, 0.2) is 0 Å². The number of hydrogen-bond donors (Lipinski definition) is 1. The Morgan fingerprint density at radius 2 is 1.70 bits per heavy atom. The van der Waals surface area contributed by atoms with E-state index < -0.39 is 17.7 Å². The molecule has 0 aliphatic carbocycles. The lowest BCUT2D eigenvalue weighted by Crippen LogP contribution is -2.07. The van der Waals surface area contributed by atoms with Crippen molar-refractivity contribution < 1.29 is 23.1 Å². The van der Waals surface area contributed by atoms with Crippen molar-refractivity contribution in [1.82, 2.24) is 0 Å². The molecule has 2 rings (SSSR count). The van der Waals surface area contributed by atoms with E-state index in [-0.39, 0.29) is 11.7 Å². The van der Waals surface area contributed by atoms with Crippen LogP contribution in [0.25, 0.3) is 0 Å². The molecule has 2 aromatic rings. The topological polar surface area (TPSA) is 37.3 Å². The van der Waals surface area contributed by atoms with Crippen LogP contribution in [0.4, 0.5) is 13.2 Å². The maximum absolute atomic E-state index is 12.9.